The predicted molar refractivity (Wildman–Crippen MR) is 86.1 cm³/mol. The van der Waals surface area contributed by atoms with E-state index in [1.807, 2.05) is 13.8 Å². The van der Waals surface area contributed by atoms with E-state index in [0.29, 0.717) is 39.0 Å². The second kappa shape index (κ2) is 7.92. The van der Waals surface area contributed by atoms with Gasteiger partial charge in [-0.2, -0.15) is 17.0 Å². The average Bonchev–Trinajstić information content (AvgIpc) is 2.49. The third-order valence-electron chi connectivity index (χ3n) is 4.32. The molecule has 0 amide bonds. The zero-order chi connectivity index (χ0) is 15.6. The van der Waals surface area contributed by atoms with Crippen LogP contribution in [0, 0.1) is 5.92 Å². The molecule has 1 N–H and O–H groups in total. The highest BCUT2D eigenvalue weighted by molar-refractivity contribution is 7.86. The van der Waals surface area contributed by atoms with E-state index in [1.165, 1.54) is 11.4 Å². The van der Waals surface area contributed by atoms with Gasteiger partial charge in [-0.3, -0.25) is 4.79 Å². The average molecular weight is 356 g/mol. The van der Waals surface area contributed by atoms with Crippen LogP contribution in [0.3, 0.4) is 0 Å². The summed E-state index contributed by atoms with van der Waals surface area (Å²) in [6.45, 7) is 5.81. The molecule has 2 atom stereocenters. The number of halogens is 1. The highest BCUT2D eigenvalue weighted by Crippen LogP contribution is 2.24. The van der Waals surface area contributed by atoms with E-state index in [2.05, 4.69) is 5.32 Å². The molecule has 0 saturated carbocycles. The van der Waals surface area contributed by atoms with Gasteiger partial charge in [-0.05, 0) is 26.7 Å². The maximum absolute atomic E-state index is 12.8. The van der Waals surface area contributed by atoms with Gasteiger partial charge in [-0.1, -0.05) is 0 Å². The summed E-state index contributed by atoms with van der Waals surface area (Å²) in [4.78, 5) is 11.5. The van der Waals surface area contributed by atoms with Crippen molar-refractivity contribution in [1.82, 2.24) is 13.9 Å². The Hall–Kier alpha value is -0.410. The molecule has 2 aliphatic rings. The molecule has 9 heteroatoms. The molecular formula is C13H26ClN3O4S. The Kier molecular flexibility index (Phi) is 7.07. The Labute approximate surface area is 139 Å². The standard InChI is InChI=1S/C13H25N3O4S.ClH/c1-10-9-16(11(2)8-14-10)21(18,19)15-6-4-12(5-7-15)13(17)20-3;/h10-12,14H,4-9H2,1-3H3;1H. The van der Waals surface area contributed by atoms with Crippen LogP contribution in [0.5, 0.6) is 0 Å². The molecule has 0 aliphatic carbocycles. The SMILES string of the molecule is COC(=O)C1CCN(S(=O)(=O)N2CC(C)NCC2C)CC1.Cl. The van der Waals surface area contributed by atoms with Gasteiger partial charge < -0.3 is 10.1 Å². The zero-order valence-electron chi connectivity index (χ0n) is 13.3. The molecule has 2 rings (SSSR count). The van der Waals surface area contributed by atoms with Crippen molar-refractivity contribution in [3.63, 3.8) is 0 Å². The first-order valence-electron chi connectivity index (χ1n) is 7.44. The molecule has 130 valence electrons. The van der Waals surface area contributed by atoms with E-state index in [4.69, 9.17) is 4.74 Å². The Morgan fingerprint density at radius 2 is 1.82 bits per heavy atom. The zero-order valence-corrected chi connectivity index (χ0v) is 15.0. The molecule has 7 nitrogen and oxygen atoms in total. The van der Waals surface area contributed by atoms with Gasteiger partial charge in [0.15, 0.2) is 0 Å². The summed E-state index contributed by atoms with van der Waals surface area (Å²) in [5.74, 6) is -0.419. The summed E-state index contributed by atoms with van der Waals surface area (Å²) >= 11 is 0. The maximum Gasteiger partial charge on any atom is 0.308 e. The summed E-state index contributed by atoms with van der Waals surface area (Å²) < 4.78 is 33.3. The summed E-state index contributed by atoms with van der Waals surface area (Å²) in [7, 11) is -2.08. The lowest BCUT2D eigenvalue weighted by Crippen LogP contribution is -2.60. The minimum Gasteiger partial charge on any atom is -0.469 e. The monoisotopic (exact) mass is 355 g/mol. The number of hydrogen-bond acceptors (Lipinski definition) is 5. The number of carbonyl (C=O) groups excluding carboxylic acids is 1. The van der Waals surface area contributed by atoms with Gasteiger partial charge >= 0.3 is 5.97 Å². The van der Waals surface area contributed by atoms with Gasteiger partial charge in [0, 0.05) is 38.3 Å². The number of methoxy groups -OCH3 is 1. The minimum absolute atomic E-state index is 0. The van der Waals surface area contributed by atoms with Crippen LogP contribution in [-0.2, 0) is 19.7 Å². The highest BCUT2D eigenvalue weighted by Gasteiger charge is 2.39. The Morgan fingerprint density at radius 1 is 1.23 bits per heavy atom. The van der Waals surface area contributed by atoms with Gasteiger partial charge in [0.2, 0.25) is 0 Å². The van der Waals surface area contributed by atoms with E-state index in [-0.39, 0.29) is 36.4 Å². The highest BCUT2D eigenvalue weighted by atomic mass is 35.5. The lowest BCUT2D eigenvalue weighted by atomic mass is 9.99. The van der Waals surface area contributed by atoms with Crippen LogP contribution in [0.2, 0.25) is 0 Å². The summed E-state index contributed by atoms with van der Waals surface area (Å²) in [5, 5.41) is 3.28. The molecule has 0 radical (unpaired) electrons. The Balaban J connectivity index is 0.00000242. The molecule has 0 aromatic rings. The number of hydrogen-bond donors (Lipinski definition) is 1. The van der Waals surface area contributed by atoms with Crippen molar-refractivity contribution in [1.29, 1.82) is 0 Å². The molecule has 2 fully saturated rings. The van der Waals surface area contributed by atoms with Crippen molar-refractivity contribution in [2.75, 3.05) is 33.3 Å². The van der Waals surface area contributed by atoms with Crippen molar-refractivity contribution in [3.05, 3.63) is 0 Å². The Bertz CT molecular complexity index is 480. The second-order valence-corrected chi connectivity index (χ2v) is 7.81. The third kappa shape index (κ3) is 4.11. The van der Waals surface area contributed by atoms with Crippen LogP contribution in [0.15, 0.2) is 0 Å². The number of piperazine rings is 1. The van der Waals surface area contributed by atoms with E-state index in [9.17, 15) is 13.2 Å². The van der Waals surface area contributed by atoms with Crippen LogP contribution in [0.1, 0.15) is 26.7 Å². The van der Waals surface area contributed by atoms with Gasteiger partial charge in [0.1, 0.15) is 0 Å². The van der Waals surface area contributed by atoms with Crippen molar-refractivity contribution in [2.24, 2.45) is 5.92 Å². The lowest BCUT2D eigenvalue weighted by molar-refractivity contribution is -0.146. The van der Waals surface area contributed by atoms with Gasteiger partial charge in [-0.25, -0.2) is 0 Å². The van der Waals surface area contributed by atoms with Crippen LogP contribution in [0.25, 0.3) is 0 Å². The predicted octanol–water partition coefficient (Wildman–Crippen LogP) is 0.220. The van der Waals surface area contributed by atoms with Gasteiger partial charge in [-0.15, -0.1) is 12.4 Å². The van der Waals surface area contributed by atoms with E-state index in [1.54, 1.807) is 4.31 Å². The molecular weight excluding hydrogens is 330 g/mol. The van der Waals surface area contributed by atoms with E-state index < -0.39 is 10.2 Å². The quantitative estimate of drug-likeness (QED) is 0.733. The second-order valence-electron chi connectivity index (χ2n) is 5.93. The van der Waals surface area contributed by atoms with E-state index in [0.717, 1.165) is 0 Å². The van der Waals surface area contributed by atoms with Crippen molar-refractivity contribution in [3.8, 4) is 0 Å². The largest absolute Gasteiger partial charge is 0.469 e. The molecule has 22 heavy (non-hydrogen) atoms. The smallest absolute Gasteiger partial charge is 0.308 e. The third-order valence-corrected chi connectivity index (χ3v) is 6.44. The van der Waals surface area contributed by atoms with Gasteiger partial charge in [0.05, 0.1) is 13.0 Å². The number of nitrogens with one attached hydrogen (secondary N) is 1. The van der Waals surface area contributed by atoms with Crippen molar-refractivity contribution >= 4 is 28.6 Å². The number of nitrogens with zero attached hydrogens (tertiary/aromatic N) is 2. The first kappa shape index (κ1) is 19.6. The van der Waals surface area contributed by atoms with Crippen LogP contribution < -0.4 is 5.32 Å². The number of rotatable bonds is 3. The molecule has 2 heterocycles. The number of esters is 1. The van der Waals surface area contributed by atoms with Crippen LogP contribution in [0.4, 0.5) is 0 Å². The first-order chi connectivity index (χ1) is 9.86. The number of ether oxygens (including phenoxy) is 1. The fraction of sp³-hybridized carbons (Fsp3) is 0.923. The number of piperidine rings is 1. The molecule has 2 saturated heterocycles. The minimum atomic E-state index is -3.45. The molecule has 2 aliphatic heterocycles. The summed E-state index contributed by atoms with van der Waals surface area (Å²) in [5.41, 5.74) is 0. The van der Waals surface area contributed by atoms with Crippen molar-refractivity contribution < 1.29 is 17.9 Å². The number of carbonyl (C=O) groups is 1. The normalized spacial score (nSPS) is 28.9. The fourth-order valence-electron chi connectivity index (χ4n) is 2.95. The topological polar surface area (TPSA) is 79.0 Å². The molecule has 0 spiro atoms. The lowest BCUT2D eigenvalue weighted by Gasteiger charge is -2.40. The molecule has 0 aromatic carbocycles. The molecule has 0 bridgehead atoms. The van der Waals surface area contributed by atoms with Crippen LogP contribution >= 0.6 is 12.4 Å². The van der Waals surface area contributed by atoms with Crippen molar-refractivity contribution in [2.45, 2.75) is 38.8 Å². The fourth-order valence-corrected chi connectivity index (χ4v) is 4.86. The summed E-state index contributed by atoms with van der Waals surface area (Å²) in [6, 6.07) is 0.105. The summed E-state index contributed by atoms with van der Waals surface area (Å²) in [6.07, 6.45) is 1.06. The molecule has 2 unspecified atom stereocenters. The van der Waals surface area contributed by atoms with E-state index >= 15 is 0 Å². The molecule has 0 aromatic heterocycles. The van der Waals surface area contributed by atoms with Gasteiger partial charge in [0.25, 0.3) is 10.2 Å². The first-order valence-corrected chi connectivity index (χ1v) is 8.84. The Morgan fingerprint density at radius 3 is 2.36 bits per heavy atom. The van der Waals surface area contributed by atoms with Crippen LogP contribution in [-0.4, -0.2) is 68.4 Å². The maximum atomic E-state index is 12.8.